The van der Waals surface area contributed by atoms with Crippen LogP contribution in [0, 0.1) is 11.8 Å². The monoisotopic (exact) mass is 516 g/mol. The molecule has 7 nitrogen and oxygen atoms in total. The Labute approximate surface area is 222 Å². The number of aromatic nitrogens is 2. The highest BCUT2D eigenvalue weighted by Gasteiger charge is 2.21. The number of pyridine rings is 2. The third-order valence-electron chi connectivity index (χ3n) is 7.55. The van der Waals surface area contributed by atoms with Crippen molar-refractivity contribution in [2.24, 2.45) is 11.8 Å². The summed E-state index contributed by atoms with van der Waals surface area (Å²) in [5, 5.41) is 21.5. The zero-order chi connectivity index (χ0) is 27.5. The van der Waals surface area contributed by atoms with Crippen LogP contribution in [0.15, 0.2) is 22.0 Å². The minimum atomic E-state index is -0.644. The molecule has 2 unspecified atom stereocenters. The summed E-state index contributed by atoms with van der Waals surface area (Å²) in [6.07, 6.45) is 12.8. The molecule has 0 aliphatic rings. The Morgan fingerprint density at radius 2 is 1.08 bits per heavy atom. The number of nitrogens with zero attached hydrogens (tertiary/aromatic N) is 2. The van der Waals surface area contributed by atoms with Crippen LogP contribution in [0.25, 0.3) is 0 Å². The first-order valence-corrected chi connectivity index (χ1v) is 14.3. The molecule has 7 heteroatoms. The van der Waals surface area contributed by atoms with Crippen molar-refractivity contribution >= 4 is 0 Å². The SMILES string of the molecule is CCCCC(CC)Cn1cc(Oc2cn(CC(CC)CCCC)c(CC)c(O)c2=O)c(=O)c(O)c1CC. The highest BCUT2D eigenvalue weighted by molar-refractivity contribution is 5.41. The van der Waals surface area contributed by atoms with E-state index in [-0.39, 0.29) is 23.0 Å². The maximum atomic E-state index is 13.0. The van der Waals surface area contributed by atoms with Crippen LogP contribution in [-0.2, 0) is 25.9 Å². The van der Waals surface area contributed by atoms with E-state index in [4.69, 9.17) is 4.74 Å². The van der Waals surface area contributed by atoms with E-state index in [0.717, 1.165) is 51.4 Å². The molecular formula is C30H48N2O5. The fraction of sp³-hybridized carbons (Fsp3) is 0.667. The lowest BCUT2D eigenvalue weighted by Crippen LogP contribution is -2.21. The molecule has 0 radical (unpaired) electrons. The molecule has 208 valence electrons. The van der Waals surface area contributed by atoms with E-state index in [1.165, 1.54) is 0 Å². The van der Waals surface area contributed by atoms with E-state index in [2.05, 4.69) is 27.7 Å². The third kappa shape index (κ3) is 7.65. The Bertz CT molecular complexity index is 1030. The zero-order valence-corrected chi connectivity index (χ0v) is 23.8. The first-order valence-electron chi connectivity index (χ1n) is 14.3. The minimum Gasteiger partial charge on any atom is -0.503 e. The van der Waals surface area contributed by atoms with E-state index in [1.807, 2.05) is 23.0 Å². The number of ether oxygens (including phenoxy) is 1. The van der Waals surface area contributed by atoms with Crippen LogP contribution in [0.5, 0.6) is 23.0 Å². The lowest BCUT2D eigenvalue weighted by molar-refractivity contribution is 0.358. The molecular weight excluding hydrogens is 468 g/mol. The van der Waals surface area contributed by atoms with Crippen LogP contribution in [-0.4, -0.2) is 19.3 Å². The number of rotatable bonds is 16. The van der Waals surface area contributed by atoms with Crippen molar-refractivity contribution in [2.45, 2.75) is 119 Å². The molecule has 0 bridgehead atoms. The molecule has 0 aliphatic heterocycles. The fourth-order valence-electron chi connectivity index (χ4n) is 5.05. The predicted octanol–water partition coefficient (Wildman–Crippen LogP) is 6.77. The van der Waals surface area contributed by atoms with E-state index in [1.54, 1.807) is 12.4 Å². The van der Waals surface area contributed by atoms with Crippen LogP contribution >= 0.6 is 0 Å². The van der Waals surface area contributed by atoms with Crippen LogP contribution in [0.3, 0.4) is 0 Å². The van der Waals surface area contributed by atoms with Crippen molar-refractivity contribution in [1.29, 1.82) is 0 Å². The van der Waals surface area contributed by atoms with Gasteiger partial charge in [0.2, 0.25) is 0 Å². The Kier molecular flexibility index (Phi) is 12.3. The van der Waals surface area contributed by atoms with Crippen LogP contribution in [0.2, 0.25) is 0 Å². The van der Waals surface area contributed by atoms with E-state index >= 15 is 0 Å². The molecule has 0 saturated carbocycles. The van der Waals surface area contributed by atoms with Gasteiger partial charge in [-0.1, -0.05) is 80.1 Å². The fourth-order valence-corrected chi connectivity index (χ4v) is 5.05. The van der Waals surface area contributed by atoms with Crippen LogP contribution in [0.1, 0.15) is 104 Å². The van der Waals surface area contributed by atoms with Gasteiger partial charge in [-0.25, -0.2) is 0 Å². The van der Waals surface area contributed by atoms with Crippen molar-refractivity contribution in [2.75, 3.05) is 0 Å². The van der Waals surface area contributed by atoms with Crippen molar-refractivity contribution in [1.82, 2.24) is 9.13 Å². The molecule has 2 aromatic rings. The maximum Gasteiger partial charge on any atom is 0.265 e. The zero-order valence-electron chi connectivity index (χ0n) is 23.8. The maximum absolute atomic E-state index is 13.0. The lowest BCUT2D eigenvalue weighted by atomic mass is 9.99. The second kappa shape index (κ2) is 14.9. The van der Waals surface area contributed by atoms with Gasteiger partial charge in [-0.15, -0.1) is 0 Å². The van der Waals surface area contributed by atoms with Gasteiger partial charge in [-0.3, -0.25) is 9.59 Å². The summed E-state index contributed by atoms with van der Waals surface area (Å²) in [5.74, 6) is -0.0921. The molecule has 2 atom stereocenters. The predicted molar refractivity (Wildman–Crippen MR) is 150 cm³/mol. The van der Waals surface area contributed by atoms with Crippen LogP contribution in [0.4, 0.5) is 0 Å². The van der Waals surface area contributed by atoms with E-state index in [0.29, 0.717) is 49.2 Å². The highest BCUT2D eigenvalue weighted by Crippen LogP contribution is 2.27. The molecule has 0 fully saturated rings. The first-order chi connectivity index (χ1) is 17.8. The second-order valence-corrected chi connectivity index (χ2v) is 10.2. The summed E-state index contributed by atoms with van der Waals surface area (Å²) in [6, 6.07) is 0. The van der Waals surface area contributed by atoms with Gasteiger partial charge < -0.3 is 24.1 Å². The minimum absolute atomic E-state index is 0.106. The summed E-state index contributed by atoms with van der Waals surface area (Å²) in [7, 11) is 0. The van der Waals surface area contributed by atoms with Crippen molar-refractivity contribution in [3.63, 3.8) is 0 Å². The lowest BCUT2D eigenvalue weighted by Gasteiger charge is -2.22. The normalized spacial score (nSPS) is 13.0. The van der Waals surface area contributed by atoms with Gasteiger partial charge in [0.1, 0.15) is 0 Å². The summed E-state index contributed by atoms with van der Waals surface area (Å²) in [4.78, 5) is 26.0. The molecule has 0 spiro atoms. The third-order valence-corrected chi connectivity index (χ3v) is 7.55. The highest BCUT2D eigenvalue weighted by atomic mass is 16.5. The summed E-state index contributed by atoms with van der Waals surface area (Å²) < 4.78 is 9.68. The molecule has 0 amide bonds. The summed E-state index contributed by atoms with van der Waals surface area (Å²) in [6.45, 7) is 13.8. The van der Waals surface area contributed by atoms with Crippen LogP contribution < -0.4 is 15.6 Å². The van der Waals surface area contributed by atoms with Gasteiger partial charge >= 0.3 is 0 Å². The van der Waals surface area contributed by atoms with Gasteiger partial charge in [0.25, 0.3) is 10.9 Å². The smallest absolute Gasteiger partial charge is 0.265 e. The van der Waals surface area contributed by atoms with Gasteiger partial charge in [-0.05, 0) is 37.5 Å². The summed E-state index contributed by atoms with van der Waals surface area (Å²) in [5.41, 5.74) is -0.158. The van der Waals surface area contributed by atoms with Crippen molar-refractivity contribution in [3.05, 3.63) is 44.2 Å². The molecule has 0 saturated heterocycles. The van der Waals surface area contributed by atoms with Gasteiger partial charge in [0.05, 0.1) is 23.8 Å². The number of hydrogen-bond donors (Lipinski definition) is 2. The molecule has 2 aromatic heterocycles. The largest absolute Gasteiger partial charge is 0.503 e. The van der Waals surface area contributed by atoms with Crippen molar-refractivity contribution in [3.8, 4) is 23.0 Å². The molecule has 37 heavy (non-hydrogen) atoms. The standard InChI is InChI=1S/C30H48N2O5/c1-7-13-15-21(9-3)17-31-19-25(29(35)27(33)23(31)11-5)37-26-20-32(18-22(10-4)16-14-8-2)24(12-6)28(34)30(26)36/h19-22,33-34H,7-18H2,1-6H3. The Morgan fingerprint density at radius 1 is 0.703 bits per heavy atom. The molecule has 0 aromatic carbocycles. The molecule has 2 heterocycles. The topological polar surface area (TPSA) is 93.7 Å². The van der Waals surface area contributed by atoms with Gasteiger partial charge in [-0.2, -0.15) is 0 Å². The van der Waals surface area contributed by atoms with Gasteiger partial charge in [0, 0.05) is 13.1 Å². The number of aromatic hydroxyl groups is 2. The number of hydrogen-bond acceptors (Lipinski definition) is 5. The number of unbranched alkanes of at least 4 members (excludes halogenated alkanes) is 2. The first kappa shape index (κ1) is 30.5. The molecule has 0 aliphatic carbocycles. The molecule has 2 N–H and O–H groups in total. The van der Waals surface area contributed by atoms with E-state index < -0.39 is 10.9 Å². The quantitative estimate of drug-likeness (QED) is 0.257. The Hall–Kier alpha value is -2.70. The van der Waals surface area contributed by atoms with E-state index in [9.17, 15) is 19.8 Å². The van der Waals surface area contributed by atoms with Gasteiger partial charge in [0.15, 0.2) is 23.0 Å². The molecule has 2 rings (SSSR count). The average molecular weight is 517 g/mol. The second-order valence-electron chi connectivity index (χ2n) is 10.2. The average Bonchev–Trinajstić information content (AvgIpc) is 2.90. The Morgan fingerprint density at radius 3 is 1.38 bits per heavy atom. The van der Waals surface area contributed by atoms with Crippen molar-refractivity contribution < 1.29 is 14.9 Å². The summed E-state index contributed by atoms with van der Waals surface area (Å²) >= 11 is 0. The Balaban J connectivity index is 2.53.